The molecule has 0 fully saturated rings. The summed E-state index contributed by atoms with van der Waals surface area (Å²) in [5.41, 5.74) is 1.98. The molecule has 0 unspecified atom stereocenters. The van der Waals surface area contributed by atoms with Crippen LogP contribution < -0.4 is 0 Å². The highest BCUT2D eigenvalue weighted by atomic mass is 32.1. The number of pyridine rings is 1. The lowest BCUT2D eigenvalue weighted by atomic mass is 10.3. The highest BCUT2D eigenvalue weighted by molar-refractivity contribution is 7.18. The second kappa shape index (κ2) is 5.25. The number of ether oxygens (including phenoxy) is 1. The molecule has 2 heterocycles. The van der Waals surface area contributed by atoms with Crippen LogP contribution in [0.2, 0.25) is 0 Å². The standard InChI is InChI=1S/C14H12N2OS/c1-2-7-13-12(6-1)16-14(18-13)10-17-9-11-5-3-4-8-15-11/h1-8H,9-10H2. The molecule has 0 bridgehead atoms. The molecule has 18 heavy (non-hydrogen) atoms. The minimum Gasteiger partial charge on any atom is -0.368 e. The molecule has 0 radical (unpaired) electrons. The summed E-state index contributed by atoms with van der Waals surface area (Å²) in [5.74, 6) is 0. The van der Waals surface area contributed by atoms with Crippen molar-refractivity contribution < 1.29 is 4.74 Å². The van der Waals surface area contributed by atoms with E-state index in [9.17, 15) is 0 Å². The van der Waals surface area contributed by atoms with Gasteiger partial charge in [-0.05, 0) is 24.3 Å². The van der Waals surface area contributed by atoms with E-state index < -0.39 is 0 Å². The summed E-state index contributed by atoms with van der Waals surface area (Å²) >= 11 is 1.68. The summed E-state index contributed by atoms with van der Waals surface area (Å²) in [5, 5.41) is 1.01. The van der Waals surface area contributed by atoms with E-state index in [1.54, 1.807) is 17.5 Å². The van der Waals surface area contributed by atoms with Crippen LogP contribution >= 0.6 is 11.3 Å². The number of nitrogens with zero attached hydrogens (tertiary/aromatic N) is 2. The number of fused-ring (bicyclic) bond motifs is 1. The van der Waals surface area contributed by atoms with Crippen LogP contribution in [-0.4, -0.2) is 9.97 Å². The Morgan fingerprint density at radius 3 is 2.72 bits per heavy atom. The molecule has 0 aliphatic heterocycles. The van der Waals surface area contributed by atoms with E-state index in [4.69, 9.17) is 4.74 Å². The van der Waals surface area contributed by atoms with Gasteiger partial charge in [0.25, 0.3) is 0 Å². The van der Waals surface area contributed by atoms with Gasteiger partial charge in [-0.15, -0.1) is 11.3 Å². The molecule has 2 aromatic heterocycles. The molecule has 0 amide bonds. The van der Waals surface area contributed by atoms with E-state index in [2.05, 4.69) is 16.0 Å². The van der Waals surface area contributed by atoms with Gasteiger partial charge in [0.2, 0.25) is 0 Å². The summed E-state index contributed by atoms with van der Waals surface area (Å²) in [4.78, 5) is 8.73. The van der Waals surface area contributed by atoms with E-state index in [-0.39, 0.29) is 0 Å². The molecule has 0 saturated heterocycles. The Morgan fingerprint density at radius 1 is 1.00 bits per heavy atom. The zero-order valence-corrected chi connectivity index (χ0v) is 10.6. The maximum atomic E-state index is 5.62. The molecule has 0 spiro atoms. The molecule has 0 aliphatic carbocycles. The monoisotopic (exact) mass is 256 g/mol. The number of hydrogen-bond donors (Lipinski definition) is 0. The number of hydrogen-bond acceptors (Lipinski definition) is 4. The molecule has 3 rings (SSSR count). The van der Waals surface area contributed by atoms with Gasteiger partial charge in [0, 0.05) is 6.20 Å². The zero-order chi connectivity index (χ0) is 12.2. The fourth-order valence-corrected chi connectivity index (χ4v) is 2.61. The van der Waals surface area contributed by atoms with Crippen LogP contribution in [0, 0.1) is 0 Å². The quantitative estimate of drug-likeness (QED) is 0.717. The van der Waals surface area contributed by atoms with E-state index >= 15 is 0 Å². The van der Waals surface area contributed by atoms with Gasteiger partial charge in [0.05, 0.1) is 29.1 Å². The second-order valence-electron chi connectivity index (χ2n) is 3.89. The lowest BCUT2D eigenvalue weighted by Crippen LogP contribution is -1.95. The number of rotatable bonds is 4. The normalized spacial score (nSPS) is 10.9. The summed E-state index contributed by atoms with van der Waals surface area (Å²) < 4.78 is 6.82. The van der Waals surface area contributed by atoms with Crippen molar-refractivity contribution in [2.45, 2.75) is 13.2 Å². The van der Waals surface area contributed by atoms with Crippen molar-refractivity contribution in [1.82, 2.24) is 9.97 Å². The lowest BCUT2D eigenvalue weighted by molar-refractivity contribution is 0.104. The van der Waals surface area contributed by atoms with Crippen molar-refractivity contribution in [3.05, 3.63) is 59.4 Å². The molecule has 0 aliphatic rings. The molecule has 0 N–H and O–H groups in total. The maximum Gasteiger partial charge on any atom is 0.120 e. The Kier molecular flexibility index (Phi) is 3.30. The topological polar surface area (TPSA) is 35.0 Å². The third-order valence-corrected chi connectivity index (χ3v) is 3.55. The van der Waals surface area contributed by atoms with Gasteiger partial charge in [0.15, 0.2) is 0 Å². The first-order valence-corrected chi connectivity index (χ1v) is 6.55. The number of benzene rings is 1. The molecule has 90 valence electrons. The highest BCUT2D eigenvalue weighted by Gasteiger charge is 2.03. The lowest BCUT2D eigenvalue weighted by Gasteiger charge is -2.00. The fourth-order valence-electron chi connectivity index (χ4n) is 1.71. The van der Waals surface area contributed by atoms with Crippen molar-refractivity contribution in [3.8, 4) is 0 Å². The number of para-hydroxylation sites is 1. The minimum absolute atomic E-state index is 0.525. The van der Waals surface area contributed by atoms with Gasteiger partial charge in [-0.3, -0.25) is 4.98 Å². The van der Waals surface area contributed by atoms with Crippen LogP contribution in [-0.2, 0) is 18.0 Å². The highest BCUT2D eigenvalue weighted by Crippen LogP contribution is 2.22. The number of thiazole rings is 1. The Hall–Kier alpha value is -1.78. The molecular weight excluding hydrogens is 244 g/mol. The molecule has 3 nitrogen and oxygen atoms in total. The van der Waals surface area contributed by atoms with Crippen LogP contribution in [0.3, 0.4) is 0 Å². The van der Waals surface area contributed by atoms with Gasteiger partial charge >= 0.3 is 0 Å². The van der Waals surface area contributed by atoms with Crippen molar-refractivity contribution in [2.24, 2.45) is 0 Å². The van der Waals surface area contributed by atoms with Crippen LogP contribution in [0.1, 0.15) is 10.7 Å². The van der Waals surface area contributed by atoms with Crippen LogP contribution in [0.15, 0.2) is 48.7 Å². The number of aromatic nitrogens is 2. The van der Waals surface area contributed by atoms with Gasteiger partial charge in [-0.25, -0.2) is 4.98 Å². The Balaban J connectivity index is 1.63. The average molecular weight is 256 g/mol. The van der Waals surface area contributed by atoms with E-state index in [1.807, 2.05) is 36.4 Å². The third-order valence-electron chi connectivity index (χ3n) is 2.54. The smallest absolute Gasteiger partial charge is 0.120 e. The SMILES string of the molecule is c1ccc(COCc2nc3ccccc3s2)nc1. The summed E-state index contributed by atoms with van der Waals surface area (Å²) in [7, 11) is 0. The van der Waals surface area contributed by atoms with Crippen LogP contribution in [0.25, 0.3) is 10.2 Å². The van der Waals surface area contributed by atoms with Crippen molar-refractivity contribution in [3.63, 3.8) is 0 Å². The minimum atomic E-state index is 0.525. The van der Waals surface area contributed by atoms with Gasteiger partial charge in [-0.1, -0.05) is 18.2 Å². The largest absolute Gasteiger partial charge is 0.368 e. The maximum absolute atomic E-state index is 5.62. The van der Waals surface area contributed by atoms with Gasteiger partial charge in [-0.2, -0.15) is 0 Å². The average Bonchev–Trinajstić information content (AvgIpc) is 2.82. The predicted molar refractivity (Wildman–Crippen MR) is 72.4 cm³/mol. The first-order chi connectivity index (χ1) is 8.92. The summed E-state index contributed by atoms with van der Waals surface area (Å²) in [6.45, 7) is 1.06. The predicted octanol–water partition coefficient (Wildman–Crippen LogP) is 3.41. The van der Waals surface area contributed by atoms with Crippen molar-refractivity contribution in [1.29, 1.82) is 0 Å². The van der Waals surface area contributed by atoms with E-state index in [0.29, 0.717) is 13.2 Å². The molecule has 1 aromatic carbocycles. The zero-order valence-electron chi connectivity index (χ0n) is 9.74. The Bertz CT molecular complexity index is 603. The Labute approximate surface area is 109 Å². The first kappa shape index (κ1) is 11.3. The summed E-state index contributed by atoms with van der Waals surface area (Å²) in [6.07, 6.45) is 1.77. The second-order valence-corrected chi connectivity index (χ2v) is 5.00. The fraction of sp³-hybridized carbons (Fsp3) is 0.143. The van der Waals surface area contributed by atoms with Gasteiger partial charge in [0.1, 0.15) is 5.01 Å². The van der Waals surface area contributed by atoms with E-state index in [0.717, 1.165) is 16.2 Å². The molecule has 3 aromatic rings. The third kappa shape index (κ3) is 2.55. The first-order valence-electron chi connectivity index (χ1n) is 5.74. The molecular formula is C14H12N2OS. The van der Waals surface area contributed by atoms with Crippen molar-refractivity contribution in [2.75, 3.05) is 0 Å². The van der Waals surface area contributed by atoms with Crippen molar-refractivity contribution >= 4 is 21.6 Å². The van der Waals surface area contributed by atoms with E-state index in [1.165, 1.54) is 4.70 Å². The summed E-state index contributed by atoms with van der Waals surface area (Å²) in [6, 6.07) is 13.9. The Morgan fingerprint density at radius 2 is 1.89 bits per heavy atom. The van der Waals surface area contributed by atoms with Gasteiger partial charge < -0.3 is 4.74 Å². The van der Waals surface area contributed by atoms with Crippen LogP contribution in [0.5, 0.6) is 0 Å². The molecule has 4 heteroatoms. The molecule has 0 atom stereocenters. The molecule has 0 saturated carbocycles. The van der Waals surface area contributed by atoms with Crippen LogP contribution in [0.4, 0.5) is 0 Å².